The van der Waals surface area contributed by atoms with Crippen molar-refractivity contribution in [3.05, 3.63) is 0 Å². The minimum Gasteiger partial charge on any atom is -0.468 e. The largest absolute Gasteiger partial charge is 0.468 e. The topological polar surface area (TPSA) is 372 Å². The van der Waals surface area contributed by atoms with Gasteiger partial charge in [0.2, 0.25) is 0 Å². The van der Waals surface area contributed by atoms with Crippen molar-refractivity contribution in [1.29, 1.82) is 0 Å². The molecule has 14 atom stereocenters. The van der Waals surface area contributed by atoms with E-state index in [-0.39, 0.29) is 49.9 Å². The average Bonchev–Trinajstić information content (AvgIpc) is 3.03. The molecule has 0 aromatic heterocycles. The quantitative estimate of drug-likeness (QED) is 0.0443. The second-order valence-corrected chi connectivity index (χ2v) is 14.0. The number of hydrogen-bond donors (Lipinski definition) is 13. The van der Waals surface area contributed by atoms with Gasteiger partial charge in [-0.1, -0.05) is 21.6 Å². The summed E-state index contributed by atoms with van der Waals surface area (Å²) in [5, 5.41) is 42.7. The van der Waals surface area contributed by atoms with Gasteiger partial charge in [-0.05, 0) is 20.3 Å². The van der Waals surface area contributed by atoms with E-state index in [2.05, 4.69) is 14.8 Å². The first-order valence-electron chi connectivity index (χ1n) is 15.1. The number of aliphatic hydroxyl groups is 4. The lowest BCUT2D eigenvalue weighted by molar-refractivity contribution is -0.287. The van der Waals surface area contributed by atoms with Crippen LogP contribution in [0.3, 0.4) is 0 Å². The Labute approximate surface area is 308 Å². The Morgan fingerprint density at radius 3 is 1.63 bits per heavy atom. The van der Waals surface area contributed by atoms with Crippen LogP contribution in [0.1, 0.15) is 20.3 Å². The van der Waals surface area contributed by atoms with E-state index in [1.807, 2.05) is 13.8 Å². The number of aliphatic hydroxyl groups excluding tert-OH is 4. The fourth-order valence-electron chi connectivity index (χ4n) is 4.12. The van der Waals surface area contributed by atoms with Gasteiger partial charge in [-0.25, -0.2) is 0 Å². The SMILES string of the molecule is CC(N)CNCC(C)N.COC(=O)[C@@H](N)CSSC[C@H](N)C(=O)OC.Cl.Cl.NC[C@H]1O[C@H](O[C@H]2[C@H](O)[C@@H](O)[C@H](N)C[C@@H]2N)[C@H](N)[C@@H](O)[C@@H]1O. The molecule has 2 fully saturated rings. The Morgan fingerprint density at radius 2 is 1.24 bits per heavy atom. The van der Waals surface area contributed by atoms with E-state index in [1.165, 1.54) is 35.8 Å². The van der Waals surface area contributed by atoms with Crippen LogP contribution in [0.15, 0.2) is 0 Å². The van der Waals surface area contributed by atoms with Crippen molar-refractivity contribution in [2.24, 2.45) is 45.9 Å². The summed E-state index contributed by atoms with van der Waals surface area (Å²) in [5.41, 5.74) is 44.8. The monoisotopic (exact) mass is 793 g/mol. The molecule has 296 valence electrons. The van der Waals surface area contributed by atoms with Gasteiger partial charge in [-0.3, -0.25) is 9.59 Å². The maximum Gasteiger partial charge on any atom is 0.323 e. The Hall–Kier alpha value is -0.380. The normalized spacial score (nSPS) is 31.8. The van der Waals surface area contributed by atoms with Gasteiger partial charge in [0.1, 0.15) is 42.6 Å². The van der Waals surface area contributed by atoms with Crippen molar-refractivity contribution < 1.29 is 49.0 Å². The Balaban J connectivity index is -0.000000693. The summed E-state index contributed by atoms with van der Waals surface area (Å²) >= 11 is 0. The second kappa shape index (κ2) is 28.2. The van der Waals surface area contributed by atoms with Gasteiger partial charge in [0.25, 0.3) is 0 Å². The number of nitrogens with two attached hydrogens (primary N) is 8. The van der Waals surface area contributed by atoms with Gasteiger partial charge in [0.05, 0.1) is 26.4 Å². The number of carbonyl (C=O) groups is 2. The highest BCUT2D eigenvalue weighted by Gasteiger charge is 2.47. The van der Waals surface area contributed by atoms with Crippen LogP contribution in [0.25, 0.3) is 0 Å². The zero-order chi connectivity index (χ0) is 36.4. The first kappa shape index (κ1) is 53.0. The Bertz CT molecular complexity index is 854. The van der Waals surface area contributed by atoms with Crippen molar-refractivity contribution >= 4 is 58.3 Å². The van der Waals surface area contributed by atoms with Gasteiger partial charge >= 0.3 is 11.9 Å². The smallest absolute Gasteiger partial charge is 0.323 e. The molecule has 0 amide bonds. The third kappa shape index (κ3) is 19.9. The third-order valence-corrected chi connectivity index (χ3v) is 9.36. The fraction of sp³-hybridized carbons (Fsp3) is 0.923. The molecule has 1 aliphatic carbocycles. The van der Waals surface area contributed by atoms with Gasteiger partial charge < -0.3 is 90.6 Å². The van der Waals surface area contributed by atoms with E-state index in [0.717, 1.165) is 13.1 Å². The summed E-state index contributed by atoms with van der Waals surface area (Å²) in [6.45, 7) is 5.59. The Kier molecular flexibility index (Phi) is 30.5. The lowest BCUT2D eigenvalue weighted by atomic mass is 9.84. The van der Waals surface area contributed by atoms with E-state index in [0.29, 0.717) is 11.5 Å². The molecule has 19 nitrogen and oxygen atoms in total. The predicted octanol–water partition coefficient (Wildman–Crippen LogP) is -5.63. The molecular weight excluding hydrogens is 733 g/mol. The molecule has 0 aromatic carbocycles. The van der Waals surface area contributed by atoms with Crippen LogP contribution in [-0.2, 0) is 28.5 Å². The summed E-state index contributed by atoms with van der Waals surface area (Å²) in [6.07, 6.45) is -7.73. The molecule has 2 aliphatic rings. The fourth-order valence-corrected chi connectivity index (χ4v) is 6.33. The van der Waals surface area contributed by atoms with E-state index < -0.39 is 85.1 Å². The van der Waals surface area contributed by atoms with Crippen molar-refractivity contribution in [3.63, 3.8) is 0 Å². The van der Waals surface area contributed by atoms with Crippen LogP contribution in [0.4, 0.5) is 0 Å². The van der Waals surface area contributed by atoms with Crippen molar-refractivity contribution in [3.8, 4) is 0 Å². The van der Waals surface area contributed by atoms with Crippen LogP contribution < -0.4 is 51.2 Å². The predicted molar refractivity (Wildman–Crippen MR) is 195 cm³/mol. The van der Waals surface area contributed by atoms with Gasteiger partial charge in [-0.2, -0.15) is 0 Å². The minimum absolute atomic E-state index is 0. The summed E-state index contributed by atoms with van der Waals surface area (Å²) in [4.78, 5) is 21.9. The van der Waals surface area contributed by atoms with Crippen LogP contribution in [0.5, 0.6) is 0 Å². The van der Waals surface area contributed by atoms with Crippen LogP contribution >= 0.6 is 46.4 Å². The van der Waals surface area contributed by atoms with Gasteiger partial charge in [0.15, 0.2) is 6.29 Å². The van der Waals surface area contributed by atoms with Crippen LogP contribution in [-0.4, -0.2) is 163 Å². The molecule has 49 heavy (non-hydrogen) atoms. The van der Waals surface area contributed by atoms with Crippen molar-refractivity contribution in [1.82, 2.24) is 5.32 Å². The molecule has 21 N–H and O–H groups in total. The first-order chi connectivity index (χ1) is 21.9. The lowest BCUT2D eigenvalue weighted by Crippen LogP contribution is -2.67. The molecule has 1 aliphatic heterocycles. The maximum atomic E-state index is 10.9. The zero-order valence-electron chi connectivity index (χ0n) is 28.3. The van der Waals surface area contributed by atoms with E-state index in [1.54, 1.807) is 0 Å². The minimum atomic E-state index is -1.31. The van der Waals surface area contributed by atoms with Crippen molar-refractivity contribution in [2.75, 3.05) is 45.4 Å². The molecule has 0 bridgehead atoms. The highest BCUT2D eigenvalue weighted by molar-refractivity contribution is 8.76. The number of ether oxygens (including phenoxy) is 4. The van der Waals surface area contributed by atoms with E-state index in [4.69, 9.17) is 55.3 Å². The number of halogens is 2. The molecule has 1 heterocycles. The number of nitrogens with one attached hydrogen (secondary N) is 1. The van der Waals surface area contributed by atoms with E-state index in [9.17, 15) is 30.0 Å². The summed E-state index contributed by atoms with van der Waals surface area (Å²) in [7, 11) is 5.30. The molecule has 23 heteroatoms. The van der Waals surface area contributed by atoms with Crippen molar-refractivity contribution in [2.45, 2.75) is 105 Å². The third-order valence-electron chi connectivity index (χ3n) is 6.88. The molecule has 1 saturated carbocycles. The average molecular weight is 795 g/mol. The molecule has 2 unspecified atom stereocenters. The number of esters is 2. The van der Waals surface area contributed by atoms with Gasteiger partial charge in [0, 0.05) is 55.3 Å². The summed E-state index contributed by atoms with van der Waals surface area (Å²) in [6, 6.07) is -3.20. The zero-order valence-corrected chi connectivity index (χ0v) is 31.6. The lowest BCUT2D eigenvalue weighted by Gasteiger charge is -2.45. The summed E-state index contributed by atoms with van der Waals surface area (Å²) < 4.78 is 19.9. The van der Waals surface area contributed by atoms with E-state index >= 15 is 0 Å². The number of carbonyl (C=O) groups excluding carboxylic acids is 2. The molecular formula is C26H61Cl2N9O10S2. The molecule has 0 aromatic rings. The van der Waals surface area contributed by atoms with Gasteiger partial charge in [-0.15, -0.1) is 24.8 Å². The molecule has 0 radical (unpaired) electrons. The number of methoxy groups -OCH3 is 2. The second-order valence-electron chi connectivity index (χ2n) is 11.4. The molecule has 1 saturated heterocycles. The standard InChI is InChI=1S/C12H26N4O6.C8H16N2O4S2.C6H17N3.2ClH/c13-2-5-8(18)9(19)6(16)12(21-5)22-11-4(15)1-3(14)7(17)10(11)20;1-13-7(11)5(9)3-15-16-4-6(10)8(12)14-2;1-5(7)3-9-4-6(2)8;;/h3-12,17-20H,1-2,13-16H2;5-6H,3-4,9-10H2,1-2H3;5-6,9H,3-4,7-8H2,1-2H3;2*1H/t3-,4+,5-,6-,7+,8-,9-,10-,11-,12-;5-,6-;;;/m10.../s1. The molecule has 0 spiro atoms. The van der Waals surface area contributed by atoms with Crippen LogP contribution in [0, 0.1) is 0 Å². The maximum absolute atomic E-state index is 10.9. The summed E-state index contributed by atoms with van der Waals surface area (Å²) in [5.74, 6) is -0.0908. The first-order valence-corrected chi connectivity index (χ1v) is 17.5. The van der Waals surface area contributed by atoms with Crippen LogP contribution in [0.2, 0.25) is 0 Å². The number of rotatable bonds is 14. The molecule has 2 rings (SSSR count). The number of hydrogen-bond acceptors (Lipinski definition) is 21. The highest BCUT2D eigenvalue weighted by Crippen LogP contribution is 2.27. The Morgan fingerprint density at radius 1 is 0.796 bits per heavy atom. The highest BCUT2D eigenvalue weighted by atomic mass is 35.5.